The third-order valence-corrected chi connectivity index (χ3v) is 5.40. The number of aryl methyl sites for hydroxylation is 2. The van der Waals surface area contributed by atoms with E-state index < -0.39 is 46.3 Å². The molecule has 0 unspecified atom stereocenters. The lowest BCUT2D eigenvalue weighted by Crippen LogP contribution is -2.34. The van der Waals surface area contributed by atoms with E-state index in [1.807, 2.05) is 12.2 Å². The van der Waals surface area contributed by atoms with E-state index in [4.69, 9.17) is 0 Å². The van der Waals surface area contributed by atoms with Gasteiger partial charge in [0, 0.05) is 18.9 Å². The van der Waals surface area contributed by atoms with Gasteiger partial charge in [-0.15, -0.1) is 0 Å². The number of aromatic nitrogens is 3. The number of halogens is 6. The SMILES string of the molecule is Cc1ccc(-n2c(=O)[nH]c3c(C(=O)Nc4cc(C(F)(F)F)cc(C(F)(F)F)c4)cn(C)c3c2=O)cc1. The zero-order chi connectivity index (χ0) is 26.6. The molecule has 0 aliphatic rings. The Hall–Kier alpha value is -4.29. The van der Waals surface area contributed by atoms with Crippen molar-refractivity contribution in [2.75, 3.05) is 5.32 Å². The molecular weight excluding hydrogens is 494 g/mol. The van der Waals surface area contributed by atoms with Gasteiger partial charge in [0.2, 0.25) is 0 Å². The molecule has 0 fully saturated rings. The molecule has 4 aromatic rings. The number of carbonyl (C=O) groups excluding carboxylic acids is 1. The van der Waals surface area contributed by atoms with E-state index in [1.165, 1.54) is 11.6 Å². The molecule has 0 spiro atoms. The van der Waals surface area contributed by atoms with Gasteiger partial charge in [0.25, 0.3) is 11.5 Å². The van der Waals surface area contributed by atoms with Gasteiger partial charge < -0.3 is 14.9 Å². The number of aromatic amines is 1. The first-order valence-electron chi connectivity index (χ1n) is 10.2. The van der Waals surface area contributed by atoms with Gasteiger partial charge in [-0.2, -0.15) is 26.3 Å². The Kier molecular flexibility index (Phi) is 5.81. The molecule has 1 amide bonds. The molecule has 13 heteroatoms. The molecule has 0 saturated carbocycles. The minimum Gasteiger partial charge on any atom is -0.344 e. The molecule has 7 nitrogen and oxygen atoms in total. The lowest BCUT2D eigenvalue weighted by Gasteiger charge is -2.14. The number of nitrogens with one attached hydrogen (secondary N) is 2. The minimum absolute atomic E-state index is 0.0708. The van der Waals surface area contributed by atoms with Crippen LogP contribution < -0.4 is 16.6 Å². The van der Waals surface area contributed by atoms with E-state index in [1.54, 1.807) is 24.3 Å². The summed E-state index contributed by atoms with van der Waals surface area (Å²) in [5.74, 6) is -1.13. The highest BCUT2D eigenvalue weighted by Crippen LogP contribution is 2.37. The maximum Gasteiger partial charge on any atom is 0.416 e. The fourth-order valence-corrected chi connectivity index (χ4v) is 3.70. The predicted octanol–water partition coefficient (Wildman–Crippen LogP) is 4.62. The highest BCUT2D eigenvalue weighted by molar-refractivity contribution is 6.11. The standard InChI is InChI=1S/C23H16F6N4O3/c1-11-3-5-15(6-4-11)33-20(35)18-17(31-21(33)36)16(10-32(18)2)19(34)30-14-8-12(22(24,25)26)7-13(9-14)23(27,28)29/h3-10H,1-2H3,(H,30,34)(H,31,36). The zero-order valence-electron chi connectivity index (χ0n) is 18.5. The smallest absolute Gasteiger partial charge is 0.344 e. The average molecular weight is 510 g/mol. The van der Waals surface area contributed by atoms with Crippen molar-refractivity contribution in [3.05, 3.63) is 91.8 Å². The largest absolute Gasteiger partial charge is 0.416 e. The highest BCUT2D eigenvalue weighted by atomic mass is 19.4. The number of carbonyl (C=O) groups is 1. The van der Waals surface area contributed by atoms with Crippen LogP contribution in [-0.4, -0.2) is 20.0 Å². The van der Waals surface area contributed by atoms with Crippen LogP contribution in [0.2, 0.25) is 0 Å². The molecule has 2 heterocycles. The van der Waals surface area contributed by atoms with Crippen molar-refractivity contribution in [2.24, 2.45) is 7.05 Å². The van der Waals surface area contributed by atoms with E-state index in [0.717, 1.165) is 16.3 Å². The summed E-state index contributed by atoms with van der Waals surface area (Å²) in [6.45, 7) is 1.81. The Labute approximate surface area is 197 Å². The minimum atomic E-state index is -5.10. The Morgan fingerprint density at radius 2 is 1.47 bits per heavy atom. The number of alkyl halides is 6. The van der Waals surface area contributed by atoms with Crippen molar-refractivity contribution in [3.8, 4) is 5.69 Å². The normalized spacial score (nSPS) is 12.2. The van der Waals surface area contributed by atoms with Crippen LogP contribution >= 0.6 is 0 Å². The van der Waals surface area contributed by atoms with Crippen molar-refractivity contribution >= 4 is 22.6 Å². The number of nitrogens with zero attached hydrogens (tertiary/aromatic N) is 2. The fourth-order valence-electron chi connectivity index (χ4n) is 3.70. The van der Waals surface area contributed by atoms with Gasteiger partial charge in [-0.05, 0) is 37.3 Å². The van der Waals surface area contributed by atoms with Crippen molar-refractivity contribution in [1.29, 1.82) is 0 Å². The van der Waals surface area contributed by atoms with Crippen LogP contribution in [0, 0.1) is 6.92 Å². The molecule has 188 valence electrons. The lowest BCUT2D eigenvalue weighted by atomic mass is 10.1. The third kappa shape index (κ3) is 4.51. The maximum absolute atomic E-state index is 13.1. The second kappa shape index (κ2) is 8.43. The summed E-state index contributed by atoms with van der Waals surface area (Å²) in [5.41, 5.74) is -5.20. The molecule has 2 aromatic heterocycles. The number of hydrogen-bond donors (Lipinski definition) is 2. The van der Waals surface area contributed by atoms with Crippen molar-refractivity contribution in [1.82, 2.24) is 14.1 Å². The maximum atomic E-state index is 13.1. The van der Waals surface area contributed by atoms with Crippen molar-refractivity contribution in [3.63, 3.8) is 0 Å². The van der Waals surface area contributed by atoms with E-state index in [9.17, 15) is 40.7 Å². The van der Waals surface area contributed by atoms with Crippen LogP contribution in [-0.2, 0) is 19.4 Å². The van der Waals surface area contributed by atoms with Gasteiger partial charge in [0.05, 0.1) is 27.9 Å². The first-order chi connectivity index (χ1) is 16.7. The number of amides is 1. The second-order valence-electron chi connectivity index (χ2n) is 8.03. The number of fused-ring (bicyclic) bond motifs is 1. The summed E-state index contributed by atoms with van der Waals surface area (Å²) in [6.07, 6.45) is -9.08. The monoisotopic (exact) mass is 510 g/mol. The predicted molar refractivity (Wildman–Crippen MR) is 118 cm³/mol. The van der Waals surface area contributed by atoms with E-state index in [0.29, 0.717) is 12.1 Å². The molecule has 2 N–H and O–H groups in total. The summed E-state index contributed by atoms with van der Waals surface area (Å²) in [6, 6.07) is 7.08. The Morgan fingerprint density at radius 1 is 0.917 bits per heavy atom. The molecule has 0 aliphatic carbocycles. The molecule has 2 aromatic carbocycles. The molecule has 0 atom stereocenters. The molecule has 0 saturated heterocycles. The lowest BCUT2D eigenvalue weighted by molar-refractivity contribution is -0.143. The Morgan fingerprint density at radius 3 is 2.00 bits per heavy atom. The van der Waals surface area contributed by atoms with Gasteiger partial charge in [-0.3, -0.25) is 9.59 Å². The van der Waals surface area contributed by atoms with Crippen molar-refractivity contribution in [2.45, 2.75) is 19.3 Å². The van der Waals surface area contributed by atoms with Crippen LogP contribution in [0.15, 0.2) is 58.3 Å². The topological polar surface area (TPSA) is 88.9 Å². The number of anilines is 1. The molecular formula is C23H16F6N4O3. The molecule has 4 rings (SSSR count). The van der Waals surface area contributed by atoms with Gasteiger partial charge in [0.15, 0.2) is 0 Å². The van der Waals surface area contributed by atoms with Crippen LogP contribution in [0.5, 0.6) is 0 Å². The summed E-state index contributed by atoms with van der Waals surface area (Å²) < 4.78 is 80.9. The van der Waals surface area contributed by atoms with E-state index >= 15 is 0 Å². The second-order valence-corrected chi connectivity index (χ2v) is 8.03. The Balaban J connectivity index is 1.81. The van der Waals surface area contributed by atoms with Gasteiger partial charge >= 0.3 is 18.0 Å². The molecule has 36 heavy (non-hydrogen) atoms. The highest BCUT2D eigenvalue weighted by Gasteiger charge is 2.37. The number of hydrogen-bond acceptors (Lipinski definition) is 3. The third-order valence-electron chi connectivity index (χ3n) is 5.40. The van der Waals surface area contributed by atoms with Gasteiger partial charge in [0.1, 0.15) is 5.52 Å². The summed E-state index contributed by atoms with van der Waals surface area (Å²) >= 11 is 0. The van der Waals surface area contributed by atoms with Crippen molar-refractivity contribution < 1.29 is 31.1 Å². The number of rotatable bonds is 3. The van der Waals surface area contributed by atoms with Crippen LogP contribution in [0.25, 0.3) is 16.7 Å². The van der Waals surface area contributed by atoms with E-state index in [2.05, 4.69) is 4.98 Å². The number of benzene rings is 2. The van der Waals surface area contributed by atoms with Crippen LogP contribution in [0.3, 0.4) is 0 Å². The van der Waals surface area contributed by atoms with Gasteiger partial charge in [-0.25, -0.2) is 9.36 Å². The number of H-pyrrole nitrogens is 1. The van der Waals surface area contributed by atoms with E-state index in [-0.39, 0.29) is 28.4 Å². The van der Waals surface area contributed by atoms with Crippen LogP contribution in [0.4, 0.5) is 32.0 Å². The van der Waals surface area contributed by atoms with Crippen LogP contribution in [0.1, 0.15) is 27.0 Å². The Bertz CT molecular complexity index is 1580. The van der Waals surface area contributed by atoms with Gasteiger partial charge in [-0.1, -0.05) is 17.7 Å². The molecule has 0 bridgehead atoms. The quantitative estimate of drug-likeness (QED) is 0.395. The fraction of sp³-hybridized carbons (Fsp3) is 0.174. The molecule has 0 radical (unpaired) electrons. The summed E-state index contributed by atoms with van der Waals surface area (Å²) in [4.78, 5) is 41.1. The summed E-state index contributed by atoms with van der Waals surface area (Å²) in [5, 5.41) is 2.00. The molecule has 0 aliphatic heterocycles. The first kappa shape index (κ1) is 24.8. The zero-order valence-corrected chi connectivity index (χ0v) is 18.5. The first-order valence-corrected chi connectivity index (χ1v) is 10.2. The summed E-state index contributed by atoms with van der Waals surface area (Å²) in [7, 11) is 1.39. The average Bonchev–Trinajstić information content (AvgIpc) is 3.10.